The van der Waals surface area contributed by atoms with Gasteiger partial charge in [0, 0.05) is 37.3 Å². The fourth-order valence-corrected chi connectivity index (χ4v) is 2.86. The first-order chi connectivity index (χ1) is 10.1. The second-order valence-corrected chi connectivity index (χ2v) is 6.52. The SMILES string of the molecule is CC(C)n1ncc2cc(CNCC3(CCO)CC3)cnc21. The van der Waals surface area contributed by atoms with Crippen molar-refractivity contribution in [3.8, 4) is 0 Å². The smallest absolute Gasteiger partial charge is 0.157 e. The molecule has 2 heterocycles. The van der Waals surface area contributed by atoms with Crippen LogP contribution in [0.25, 0.3) is 11.0 Å². The van der Waals surface area contributed by atoms with E-state index in [9.17, 15) is 0 Å². The molecule has 0 amide bonds. The predicted molar refractivity (Wildman–Crippen MR) is 83.0 cm³/mol. The van der Waals surface area contributed by atoms with E-state index in [0.717, 1.165) is 30.5 Å². The average Bonchev–Trinajstić information content (AvgIpc) is 3.08. The van der Waals surface area contributed by atoms with Crippen LogP contribution in [-0.4, -0.2) is 33.0 Å². The van der Waals surface area contributed by atoms with Gasteiger partial charge in [0.15, 0.2) is 5.65 Å². The van der Waals surface area contributed by atoms with Gasteiger partial charge < -0.3 is 10.4 Å². The van der Waals surface area contributed by atoms with E-state index in [2.05, 4.69) is 35.3 Å². The zero-order valence-corrected chi connectivity index (χ0v) is 12.8. The number of hydrogen-bond acceptors (Lipinski definition) is 4. The zero-order valence-electron chi connectivity index (χ0n) is 12.8. The monoisotopic (exact) mass is 288 g/mol. The highest BCUT2D eigenvalue weighted by molar-refractivity contribution is 5.75. The number of aliphatic hydroxyl groups is 1. The van der Waals surface area contributed by atoms with Gasteiger partial charge in [-0.25, -0.2) is 9.67 Å². The van der Waals surface area contributed by atoms with Gasteiger partial charge >= 0.3 is 0 Å². The molecule has 2 aromatic rings. The summed E-state index contributed by atoms with van der Waals surface area (Å²) in [5, 5.41) is 18.1. The number of fused-ring (bicyclic) bond motifs is 1. The van der Waals surface area contributed by atoms with Crippen molar-refractivity contribution in [3.05, 3.63) is 24.0 Å². The fourth-order valence-electron chi connectivity index (χ4n) is 2.86. The highest BCUT2D eigenvalue weighted by Crippen LogP contribution is 2.47. The Labute approximate surface area is 125 Å². The van der Waals surface area contributed by atoms with Crippen LogP contribution in [0.15, 0.2) is 18.5 Å². The molecule has 0 aromatic carbocycles. The number of pyridine rings is 1. The number of aliphatic hydroxyl groups excluding tert-OH is 1. The lowest BCUT2D eigenvalue weighted by atomic mass is 10.0. The second kappa shape index (κ2) is 5.73. The van der Waals surface area contributed by atoms with Crippen molar-refractivity contribution in [2.45, 2.75) is 45.7 Å². The Hall–Kier alpha value is -1.46. The van der Waals surface area contributed by atoms with E-state index in [1.807, 2.05) is 17.1 Å². The Bertz CT molecular complexity index is 616. The lowest BCUT2D eigenvalue weighted by molar-refractivity contribution is 0.245. The number of nitrogens with zero attached hydrogens (tertiary/aromatic N) is 3. The normalized spacial score (nSPS) is 16.8. The van der Waals surface area contributed by atoms with Crippen LogP contribution in [0.2, 0.25) is 0 Å². The average molecular weight is 288 g/mol. The maximum atomic E-state index is 9.08. The second-order valence-electron chi connectivity index (χ2n) is 6.52. The first kappa shape index (κ1) is 14.5. The van der Waals surface area contributed by atoms with E-state index in [-0.39, 0.29) is 0 Å². The molecular formula is C16H24N4O. The molecule has 5 nitrogen and oxygen atoms in total. The van der Waals surface area contributed by atoms with Crippen molar-refractivity contribution in [1.29, 1.82) is 0 Å². The molecule has 0 unspecified atom stereocenters. The first-order valence-corrected chi connectivity index (χ1v) is 7.77. The molecule has 0 spiro atoms. The Balaban J connectivity index is 1.63. The summed E-state index contributed by atoms with van der Waals surface area (Å²) in [5.74, 6) is 0. The van der Waals surface area contributed by atoms with Crippen molar-refractivity contribution < 1.29 is 5.11 Å². The van der Waals surface area contributed by atoms with Gasteiger partial charge in [-0.15, -0.1) is 0 Å². The number of rotatable bonds is 7. The van der Waals surface area contributed by atoms with Gasteiger partial charge in [0.05, 0.1) is 6.20 Å². The predicted octanol–water partition coefficient (Wildman–Crippen LogP) is 2.26. The van der Waals surface area contributed by atoms with Crippen molar-refractivity contribution in [2.24, 2.45) is 5.41 Å². The highest BCUT2D eigenvalue weighted by Gasteiger charge is 2.41. The summed E-state index contributed by atoms with van der Waals surface area (Å²) in [4.78, 5) is 4.55. The molecule has 2 aromatic heterocycles. The topological polar surface area (TPSA) is 63.0 Å². The summed E-state index contributed by atoms with van der Waals surface area (Å²) >= 11 is 0. The molecule has 0 saturated heterocycles. The maximum absolute atomic E-state index is 9.08. The van der Waals surface area contributed by atoms with Gasteiger partial charge in [0.1, 0.15) is 0 Å². The summed E-state index contributed by atoms with van der Waals surface area (Å²) in [6, 6.07) is 2.49. The summed E-state index contributed by atoms with van der Waals surface area (Å²) in [6.45, 7) is 6.32. The molecule has 21 heavy (non-hydrogen) atoms. The zero-order chi connectivity index (χ0) is 14.9. The third-order valence-electron chi connectivity index (χ3n) is 4.41. The van der Waals surface area contributed by atoms with Gasteiger partial charge in [0.25, 0.3) is 0 Å². The molecule has 5 heteroatoms. The van der Waals surface area contributed by atoms with Crippen LogP contribution in [0, 0.1) is 5.41 Å². The minimum Gasteiger partial charge on any atom is -0.396 e. The Kier molecular flexibility index (Phi) is 3.95. The molecule has 114 valence electrons. The highest BCUT2D eigenvalue weighted by atomic mass is 16.3. The van der Waals surface area contributed by atoms with E-state index >= 15 is 0 Å². The summed E-state index contributed by atoms with van der Waals surface area (Å²) < 4.78 is 1.95. The molecule has 1 aliphatic carbocycles. The molecule has 0 radical (unpaired) electrons. The third-order valence-corrected chi connectivity index (χ3v) is 4.41. The molecule has 0 bridgehead atoms. The third kappa shape index (κ3) is 3.09. The van der Waals surface area contributed by atoms with Crippen molar-refractivity contribution >= 4 is 11.0 Å². The molecule has 1 fully saturated rings. The standard InChI is InChI=1S/C16H24N4O/c1-12(2)20-15-14(10-19-20)7-13(9-18-15)8-17-11-16(3-4-16)5-6-21/h7,9-10,12,17,21H,3-6,8,11H2,1-2H3. The van der Waals surface area contributed by atoms with Gasteiger partial charge in [-0.3, -0.25) is 0 Å². The molecular weight excluding hydrogens is 264 g/mol. The minimum atomic E-state index is 0.295. The first-order valence-electron chi connectivity index (χ1n) is 7.77. The fraction of sp³-hybridized carbons (Fsp3) is 0.625. The molecule has 0 atom stereocenters. The number of nitrogens with one attached hydrogen (secondary N) is 1. The maximum Gasteiger partial charge on any atom is 0.157 e. The van der Waals surface area contributed by atoms with Gasteiger partial charge in [-0.2, -0.15) is 5.10 Å². The van der Waals surface area contributed by atoms with Crippen LogP contribution in [0.5, 0.6) is 0 Å². The lowest BCUT2D eigenvalue weighted by Gasteiger charge is -2.14. The van der Waals surface area contributed by atoms with Gasteiger partial charge in [0.2, 0.25) is 0 Å². The number of aromatic nitrogens is 3. The van der Waals surface area contributed by atoms with Crippen LogP contribution in [0.1, 0.15) is 44.7 Å². The largest absolute Gasteiger partial charge is 0.396 e. The van der Waals surface area contributed by atoms with Crippen LogP contribution >= 0.6 is 0 Å². The van der Waals surface area contributed by atoms with Crippen molar-refractivity contribution in [1.82, 2.24) is 20.1 Å². The summed E-state index contributed by atoms with van der Waals surface area (Å²) in [5.41, 5.74) is 2.49. The van der Waals surface area contributed by atoms with Crippen LogP contribution in [0.3, 0.4) is 0 Å². The van der Waals surface area contributed by atoms with Crippen LogP contribution in [0.4, 0.5) is 0 Å². The molecule has 0 aliphatic heterocycles. The summed E-state index contributed by atoms with van der Waals surface area (Å²) in [6.07, 6.45) is 7.21. The van der Waals surface area contributed by atoms with Crippen molar-refractivity contribution in [2.75, 3.05) is 13.2 Å². The Morgan fingerprint density at radius 3 is 2.86 bits per heavy atom. The lowest BCUT2D eigenvalue weighted by Crippen LogP contribution is -2.24. The molecule has 3 rings (SSSR count). The molecule has 2 N–H and O–H groups in total. The molecule has 1 aliphatic rings. The summed E-state index contributed by atoms with van der Waals surface area (Å²) in [7, 11) is 0. The van der Waals surface area contributed by atoms with E-state index in [1.165, 1.54) is 18.4 Å². The van der Waals surface area contributed by atoms with Gasteiger partial charge in [-0.05, 0) is 50.2 Å². The quantitative estimate of drug-likeness (QED) is 0.820. The van der Waals surface area contributed by atoms with E-state index in [4.69, 9.17) is 5.11 Å². The number of hydrogen-bond donors (Lipinski definition) is 2. The Morgan fingerprint density at radius 1 is 1.38 bits per heavy atom. The molecule has 1 saturated carbocycles. The Morgan fingerprint density at radius 2 is 2.19 bits per heavy atom. The van der Waals surface area contributed by atoms with Crippen LogP contribution in [-0.2, 0) is 6.54 Å². The van der Waals surface area contributed by atoms with E-state index in [0.29, 0.717) is 18.1 Å². The van der Waals surface area contributed by atoms with Crippen molar-refractivity contribution in [3.63, 3.8) is 0 Å². The van der Waals surface area contributed by atoms with Crippen LogP contribution < -0.4 is 5.32 Å². The minimum absolute atomic E-state index is 0.295. The van der Waals surface area contributed by atoms with E-state index in [1.54, 1.807) is 0 Å². The van der Waals surface area contributed by atoms with E-state index < -0.39 is 0 Å². The van der Waals surface area contributed by atoms with Gasteiger partial charge in [-0.1, -0.05) is 0 Å².